The van der Waals surface area contributed by atoms with Gasteiger partial charge in [-0.15, -0.1) is 0 Å². The Hall–Kier alpha value is -4.01. The molecule has 0 spiro atoms. The summed E-state index contributed by atoms with van der Waals surface area (Å²) in [6, 6.07) is 9.43. The number of benzene rings is 1. The van der Waals surface area contributed by atoms with Crippen LogP contribution in [0.2, 0.25) is 0 Å². The Kier molecular flexibility index (Phi) is 7.71. The molecule has 194 valence electrons. The van der Waals surface area contributed by atoms with Crippen LogP contribution in [0.3, 0.4) is 0 Å². The largest absolute Gasteiger partial charge is 0.497 e. The molecule has 4 rings (SSSR count). The molecule has 1 aromatic carbocycles. The van der Waals surface area contributed by atoms with E-state index >= 15 is 0 Å². The number of furan rings is 1. The summed E-state index contributed by atoms with van der Waals surface area (Å²) in [5.74, 6) is 0.777. The summed E-state index contributed by atoms with van der Waals surface area (Å²) < 4.78 is 33.3. The maximum absolute atomic E-state index is 12.8. The van der Waals surface area contributed by atoms with E-state index < -0.39 is 5.79 Å². The van der Waals surface area contributed by atoms with Crippen LogP contribution in [0.5, 0.6) is 5.75 Å². The normalized spacial score (nSPS) is 17.2. The molecule has 1 heterocycles. The molecule has 0 aliphatic heterocycles. The molecule has 0 fully saturated rings. The van der Waals surface area contributed by atoms with E-state index in [9.17, 15) is 4.79 Å². The lowest BCUT2D eigenvalue weighted by molar-refractivity contribution is -0.195. The highest BCUT2D eigenvalue weighted by molar-refractivity contribution is 6.09. The van der Waals surface area contributed by atoms with E-state index in [-0.39, 0.29) is 5.91 Å². The maximum atomic E-state index is 12.8. The summed E-state index contributed by atoms with van der Waals surface area (Å²) in [6.45, 7) is 2.29. The van der Waals surface area contributed by atoms with Gasteiger partial charge < -0.3 is 33.4 Å². The molecule has 1 amide bonds. The van der Waals surface area contributed by atoms with Crippen LogP contribution in [-0.4, -0.2) is 47.2 Å². The first-order chi connectivity index (χ1) is 17.9. The molecule has 37 heavy (non-hydrogen) atoms. The van der Waals surface area contributed by atoms with Crippen molar-refractivity contribution in [1.82, 2.24) is 5.32 Å². The summed E-state index contributed by atoms with van der Waals surface area (Å²) in [7, 11) is 7.78. The fraction of sp³-hybridized carbons (Fsp3) is 0.276. The number of fused-ring (bicyclic) bond motifs is 1. The van der Waals surface area contributed by atoms with Crippen molar-refractivity contribution in [1.29, 1.82) is 0 Å². The van der Waals surface area contributed by atoms with Crippen LogP contribution in [0, 0.1) is 0 Å². The van der Waals surface area contributed by atoms with Gasteiger partial charge in [-0.25, -0.2) is 0 Å². The summed E-state index contributed by atoms with van der Waals surface area (Å²) >= 11 is 0. The number of hydrogen-bond donors (Lipinski definition) is 1. The van der Waals surface area contributed by atoms with Gasteiger partial charge in [0, 0.05) is 20.3 Å². The minimum Gasteiger partial charge on any atom is -0.497 e. The van der Waals surface area contributed by atoms with Gasteiger partial charge in [-0.2, -0.15) is 0 Å². The Morgan fingerprint density at radius 2 is 1.68 bits per heavy atom. The lowest BCUT2D eigenvalue weighted by atomic mass is 9.96. The van der Waals surface area contributed by atoms with Crippen LogP contribution >= 0.6 is 0 Å². The lowest BCUT2D eigenvalue weighted by Crippen LogP contribution is -2.41. The monoisotopic (exact) mass is 505 g/mol. The summed E-state index contributed by atoms with van der Waals surface area (Å²) in [5, 5.41) is 2.88. The number of rotatable bonds is 9. The van der Waals surface area contributed by atoms with Crippen molar-refractivity contribution in [2.24, 2.45) is 0 Å². The van der Waals surface area contributed by atoms with Gasteiger partial charge in [-0.3, -0.25) is 4.79 Å². The van der Waals surface area contributed by atoms with Crippen molar-refractivity contribution >= 4 is 17.1 Å². The van der Waals surface area contributed by atoms with Crippen molar-refractivity contribution in [2.45, 2.75) is 19.3 Å². The predicted molar refractivity (Wildman–Crippen MR) is 139 cm³/mol. The van der Waals surface area contributed by atoms with E-state index in [1.807, 2.05) is 49.4 Å². The quantitative estimate of drug-likeness (QED) is 0.388. The summed E-state index contributed by atoms with van der Waals surface area (Å²) in [6.07, 6.45) is 8.90. The van der Waals surface area contributed by atoms with Crippen LogP contribution in [0.4, 0.5) is 0 Å². The molecule has 0 saturated carbocycles. The van der Waals surface area contributed by atoms with Crippen LogP contribution in [-0.2, 0) is 30.3 Å². The predicted octanol–water partition coefficient (Wildman–Crippen LogP) is 4.76. The highest BCUT2D eigenvalue weighted by Gasteiger charge is 2.44. The maximum Gasteiger partial charge on any atom is 0.287 e. The molecular weight excluding hydrogens is 474 g/mol. The first kappa shape index (κ1) is 26.1. The molecule has 0 atom stereocenters. The fourth-order valence-electron chi connectivity index (χ4n) is 4.58. The number of ether oxygens (including phenoxy) is 5. The van der Waals surface area contributed by atoms with Crippen molar-refractivity contribution in [3.8, 4) is 5.75 Å². The molecule has 0 radical (unpaired) electrons. The van der Waals surface area contributed by atoms with E-state index in [1.54, 1.807) is 39.7 Å². The molecule has 1 N–H and O–H groups in total. The minimum atomic E-state index is -1.28. The van der Waals surface area contributed by atoms with Gasteiger partial charge in [0.05, 0.1) is 34.1 Å². The van der Waals surface area contributed by atoms with Crippen LogP contribution in [0.15, 0.2) is 88.0 Å². The Balaban J connectivity index is 1.77. The number of methoxy groups -OCH3 is 5. The zero-order chi connectivity index (χ0) is 26.6. The minimum absolute atomic E-state index is 0.223. The second kappa shape index (κ2) is 10.9. The zero-order valence-corrected chi connectivity index (χ0v) is 21.8. The highest BCUT2D eigenvalue weighted by atomic mass is 16.7. The molecule has 2 aliphatic carbocycles. The Bertz CT molecular complexity index is 1300. The molecule has 2 aliphatic rings. The third-order valence-corrected chi connectivity index (χ3v) is 6.48. The smallest absolute Gasteiger partial charge is 0.287 e. The Morgan fingerprint density at radius 1 is 0.973 bits per heavy atom. The Labute approximate surface area is 216 Å². The molecule has 2 aromatic rings. The Morgan fingerprint density at radius 3 is 2.24 bits per heavy atom. The van der Waals surface area contributed by atoms with Crippen molar-refractivity contribution in [3.05, 3.63) is 100 Å². The van der Waals surface area contributed by atoms with Gasteiger partial charge in [0.25, 0.3) is 5.79 Å². The molecular formula is C29H31NO7. The SMILES string of the molecule is COC1=CC(=CC2=C(C)C(=CC(=O)NCc3ccco3)c3cc(OC)ccc32)C=C(OC)C1(OC)OC. The number of carbonyl (C=O) groups is 1. The molecule has 0 unspecified atom stereocenters. The summed E-state index contributed by atoms with van der Waals surface area (Å²) in [4.78, 5) is 12.8. The standard InChI is InChI=1S/C29H31NO7/c1-18-23(12-19-13-26(33-3)29(35-5,36-6)27(14-19)34-4)22-10-9-20(32-2)15-25(22)24(18)16-28(31)30-17-21-8-7-11-37-21/h7-16H,17H2,1-6H3,(H,30,31). The third kappa shape index (κ3) is 4.85. The molecule has 8 heteroatoms. The third-order valence-electron chi connectivity index (χ3n) is 6.48. The number of hydrogen-bond acceptors (Lipinski definition) is 7. The molecule has 8 nitrogen and oxygen atoms in total. The first-order valence-electron chi connectivity index (χ1n) is 11.7. The number of amides is 1. The van der Waals surface area contributed by atoms with E-state index in [0.717, 1.165) is 33.4 Å². The van der Waals surface area contributed by atoms with Crippen molar-refractivity contribution in [2.75, 3.05) is 35.5 Å². The molecule has 0 saturated heterocycles. The van der Waals surface area contributed by atoms with Gasteiger partial charge in [0.2, 0.25) is 5.91 Å². The molecule has 1 aromatic heterocycles. The second-order valence-corrected chi connectivity index (χ2v) is 8.40. The lowest BCUT2D eigenvalue weighted by Gasteiger charge is -2.35. The van der Waals surface area contributed by atoms with Crippen LogP contribution in [0.1, 0.15) is 23.8 Å². The molecule has 0 bridgehead atoms. The van der Waals surface area contributed by atoms with Crippen molar-refractivity contribution in [3.63, 3.8) is 0 Å². The highest BCUT2D eigenvalue weighted by Crippen LogP contribution is 2.45. The first-order valence-corrected chi connectivity index (χ1v) is 11.7. The fourth-order valence-corrected chi connectivity index (χ4v) is 4.58. The van der Waals surface area contributed by atoms with Gasteiger partial charge in [0.1, 0.15) is 11.5 Å². The van der Waals surface area contributed by atoms with E-state index in [0.29, 0.717) is 29.6 Å². The average Bonchev–Trinajstić information content (AvgIpc) is 3.54. The number of carbonyl (C=O) groups excluding carboxylic acids is 1. The van der Waals surface area contributed by atoms with E-state index in [2.05, 4.69) is 5.32 Å². The average molecular weight is 506 g/mol. The number of allylic oxidation sites excluding steroid dienone is 7. The van der Waals surface area contributed by atoms with Gasteiger partial charge in [-0.05, 0) is 82.8 Å². The number of nitrogens with one attached hydrogen (secondary N) is 1. The van der Waals surface area contributed by atoms with E-state index in [1.165, 1.54) is 14.2 Å². The van der Waals surface area contributed by atoms with Crippen LogP contribution in [0.25, 0.3) is 11.1 Å². The van der Waals surface area contributed by atoms with Gasteiger partial charge in [-0.1, -0.05) is 6.07 Å². The van der Waals surface area contributed by atoms with Crippen molar-refractivity contribution < 1.29 is 32.9 Å². The topological polar surface area (TPSA) is 88.4 Å². The van der Waals surface area contributed by atoms with Crippen LogP contribution < -0.4 is 10.1 Å². The zero-order valence-electron chi connectivity index (χ0n) is 21.8. The summed E-state index contributed by atoms with van der Waals surface area (Å²) in [5.41, 5.74) is 5.41. The van der Waals surface area contributed by atoms with E-state index in [4.69, 9.17) is 28.1 Å². The van der Waals surface area contributed by atoms with Gasteiger partial charge in [0.15, 0.2) is 11.5 Å². The second-order valence-electron chi connectivity index (χ2n) is 8.40. The van der Waals surface area contributed by atoms with Gasteiger partial charge >= 0.3 is 0 Å².